The number of hydrogen-bond donors (Lipinski definition) is 0. The molecule has 78 valence electrons. The molecule has 0 aromatic carbocycles. The molecule has 0 bridgehead atoms. The van der Waals surface area contributed by atoms with Gasteiger partial charge in [0.2, 0.25) is 0 Å². The lowest BCUT2D eigenvalue weighted by atomic mass is 10.3. The summed E-state index contributed by atoms with van der Waals surface area (Å²) in [7, 11) is -2.85. The van der Waals surface area contributed by atoms with Gasteiger partial charge >= 0.3 is 0 Å². The summed E-state index contributed by atoms with van der Waals surface area (Å²) < 4.78 is 24.8. The predicted molar refractivity (Wildman–Crippen MR) is 62.3 cm³/mol. The van der Waals surface area contributed by atoms with Crippen molar-refractivity contribution in [1.29, 1.82) is 0 Å². The topological polar surface area (TPSA) is 52.0 Å². The van der Waals surface area contributed by atoms with E-state index >= 15 is 0 Å². The van der Waals surface area contributed by atoms with Crippen LogP contribution >= 0.6 is 34.2 Å². The van der Waals surface area contributed by atoms with Crippen LogP contribution in [0.25, 0.3) is 0 Å². The minimum absolute atomic E-state index is 0.0407. The van der Waals surface area contributed by atoms with Gasteiger partial charge in [-0.3, -0.25) is 4.68 Å². The molecule has 1 fully saturated rings. The Hall–Kier alpha value is 0.180. The van der Waals surface area contributed by atoms with Gasteiger partial charge in [0.05, 0.1) is 22.6 Å². The van der Waals surface area contributed by atoms with E-state index in [-0.39, 0.29) is 17.5 Å². The molecule has 1 atom stereocenters. The normalized spacial score (nSPS) is 25.4. The van der Waals surface area contributed by atoms with Crippen molar-refractivity contribution in [2.75, 3.05) is 11.5 Å². The first-order valence-electron chi connectivity index (χ1n) is 4.08. The fourth-order valence-corrected chi connectivity index (χ4v) is 3.75. The van der Waals surface area contributed by atoms with E-state index < -0.39 is 9.84 Å². The molecule has 1 aromatic heterocycles. The molecule has 1 aliphatic rings. The Morgan fingerprint density at radius 3 is 2.79 bits per heavy atom. The van der Waals surface area contributed by atoms with E-state index in [1.165, 1.54) is 0 Å². The summed E-state index contributed by atoms with van der Waals surface area (Å²) >= 11 is 7.87. The number of rotatable bonds is 1. The quantitative estimate of drug-likeness (QED) is 0.724. The zero-order valence-electron chi connectivity index (χ0n) is 7.15. The highest BCUT2D eigenvalue weighted by atomic mass is 127. The summed E-state index contributed by atoms with van der Waals surface area (Å²) in [5.74, 6) is 0.437. The summed E-state index contributed by atoms with van der Waals surface area (Å²) in [6.07, 6.45) is 2.32. The molecule has 4 nitrogen and oxygen atoms in total. The highest BCUT2D eigenvalue weighted by molar-refractivity contribution is 14.1. The standard InChI is InChI=1S/C7H8ClIN2O2S/c8-6-3-11(10-7(6)9)5-1-2-14(12,13)4-5/h3,5H,1-2,4H2. The van der Waals surface area contributed by atoms with E-state index in [4.69, 9.17) is 11.6 Å². The molecule has 0 spiro atoms. The Morgan fingerprint density at radius 1 is 1.64 bits per heavy atom. The Balaban J connectivity index is 2.26. The molecule has 1 aromatic rings. The highest BCUT2D eigenvalue weighted by Gasteiger charge is 2.29. The maximum Gasteiger partial charge on any atom is 0.152 e. The molecule has 2 rings (SSSR count). The van der Waals surface area contributed by atoms with Crippen molar-refractivity contribution in [3.63, 3.8) is 0 Å². The van der Waals surface area contributed by atoms with Crippen molar-refractivity contribution in [2.45, 2.75) is 12.5 Å². The fourth-order valence-electron chi connectivity index (χ4n) is 1.52. The summed E-state index contributed by atoms with van der Waals surface area (Å²) in [5, 5.41) is 4.74. The number of sulfone groups is 1. The van der Waals surface area contributed by atoms with Gasteiger partial charge in [0, 0.05) is 6.20 Å². The van der Waals surface area contributed by atoms with E-state index in [1.54, 1.807) is 10.9 Å². The molecule has 2 heterocycles. The molecule has 1 saturated heterocycles. The van der Waals surface area contributed by atoms with Gasteiger partial charge in [-0.25, -0.2) is 8.42 Å². The maximum absolute atomic E-state index is 11.2. The SMILES string of the molecule is O=S1(=O)CCC(n2cc(Cl)c(I)n2)C1. The lowest BCUT2D eigenvalue weighted by Gasteiger charge is -2.06. The summed E-state index contributed by atoms with van der Waals surface area (Å²) in [6, 6.07) is -0.0407. The number of nitrogens with zero attached hydrogens (tertiary/aromatic N) is 2. The lowest BCUT2D eigenvalue weighted by Crippen LogP contribution is -2.11. The van der Waals surface area contributed by atoms with Crippen LogP contribution in [0.15, 0.2) is 6.20 Å². The largest absolute Gasteiger partial charge is 0.266 e. The van der Waals surface area contributed by atoms with Gasteiger partial charge in [-0.2, -0.15) is 5.10 Å². The molecule has 0 N–H and O–H groups in total. The molecule has 1 unspecified atom stereocenters. The second-order valence-electron chi connectivity index (χ2n) is 3.30. The Kier molecular flexibility index (Phi) is 2.78. The Bertz CT molecular complexity index is 437. The highest BCUT2D eigenvalue weighted by Crippen LogP contribution is 2.25. The van der Waals surface area contributed by atoms with Crippen molar-refractivity contribution in [3.05, 3.63) is 14.9 Å². The van der Waals surface area contributed by atoms with Crippen molar-refractivity contribution < 1.29 is 8.42 Å². The van der Waals surface area contributed by atoms with Crippen molar-refractivity contribution in [2.24, 2.45) is 0 Å². The van der Waals surface area contributed by atoms with Crippen molar-refractivity contribution in [1.82, 2.24) is 9.78 Å². The molecular weight excluding hydrogens is 339 g/mol. The molecule has 0 saturated carbocycles. The average molecular weight is 347 g/mol. The molecule has 14 heavy (non-hydrogen) atoms. The van der Waals surface area contributed by atoms with Crippen LogP contribution < -0.4 is 0 Å². The maximum atomic E-state index is 11.2. The molecule has 0 amide bonds. The minimum atomic E-state index is -2.85. The van der Waals surface area contributed by atoms with Gasteiger partial charge in [0.1, 0.15) is 3.70 Å². The first-order valence-corrected chi connectivity index (χ1v) is 7.36. The average Bonchev–Trinajstić information content (AvgIpc) is 2.57. The fraction of sp³-hybridized carbons (Fsp3) is 0.571. The van der Waals surface area contributed by atoms with E-state index in [0.717, 1.165) is 0 Å². The zero-order chi connectivity index (χ0) is 10.3. The number of hydrogen-bond acceptors (Lipinski definition) is 3. The van der Waals surface area contributed by atoms with Crippen LogP contribution in [0.2, 0.25) is 5.02 Å². The van der Waals surface area contributed by atoms with Gasteiger partial charge in [0.25, 0.3) is 0 Å². The van der Waals surface area contributed by atoms with Crippen LogP contribution in [-0.2, 0) is 9.84 Å². The third kappa shape index (κ3) is 2.06. The van der Waals surface area contributed by atoms with Gasteiger partial charge in [-0.1, -0.05) is 11.6 Å². The molecule has 0 radical (unpaired) electrons. The van der Waals surface area contributed by atoms with Crippen LogP contribution in [0.5, 0.6) is 0 Å². The second kappa shape index (κ2) is 3.64. The van der Waals surface area contributed by atoms with Gasteiger partial charge in [-0.15, -0.1) is 0 Å². The summed E-state index contributed by atoms with van der Waals surface area (Å²) in [5.41, 5.74) is 0. The zero-order valence-corrected chi connectivity index (χ0v) is 10.9. The Labute approximate surface area is 101 Å². The molecular formula is C7H8ClIN2O2S. The van der Waals surface area contributed by atoms with E-state index in [9.17, 15) is 8.42 Å². The van der Waals surface area contributed by atoms with E-state index in [2.05, 4.69) is 5.10 Å². The van der Waals surface area contributed by atoms with E-state index in [0.29, 0.717) is 15.1 Å². The van der Waals surface area contributed by atoms with Crippen LogP contribution in [0.3, 0.4) is 0 Å². The molecule has 1 aliphatic heterocycles. The van der Waals surface area contributed by atoms with Crippen LogP contribution in [0.4, 0.5) is 0 Å². The predicted octanol–water partition coefficient (Wildman–Crippen LogP) is 1.50. The van der Waals surface area contributed by atoms with Gasteiger partial charge in [0.15, 0.2) is 9.84 Å². The van der Waals surface area contributed by atoms with Crippen molar-refractivity contribution in [3.8, 4) is 0 Å². The van der Waals surface area contributed by atoms with Gasteiger partial charge < -0.3 is 0 Å². The Morgan fingerprint density at radius 2 is 2.36 bits per heavy atom. The second-order valence-corrected chi connectivity index (χ2v) is 6.96. The van der Waals surface area contributed by atoms with Crippen LogP contribution in [-0.4, -0.2) is 29.7 Å². The first kappa shape index (κ1) is 10.7. The van der Waals surface area contributed by atoms with Crippen molar-refractivity contribution >= 4 is 44.0 Å². The summed E-state index contributed by atoms with van der Waals surface area (Å²) in [4.78, 5) is 0. The van der Waals surface area contributed by atoms with Gasteiger partial charge in [-0.05, 0) is 29.0 Å². The third-order valence-corrected chi connectivity index (χ3v) is 5.37. The van der Waals surface area contributed by atoms with E-state index in [1.807, 2.05) is 22.6 Å². The van der Waals surface area contributed by atoms with Crippen LogP contribution in [0.1, 0.15) is 12.5 Å². The number of aromatic nitrogens is 2. The summed E-state index contributed by atoms with van der Waals surface area (Å²) in [6.45, 7) is 0. The monoisotopic (exact) mass is 346 g/mol. The lowest BCUT2D eigenvalue weighted by molar-refractivity contribution is 0.497. The van der Waals surface area contributed by atoms with Crippen LogP contribution in [0, 0.1) is 3.70 Å². The smallest absolute Gasteiger partial charge is 0.152 e. The molecule has 7 heteroatoms. The molecule has 0 aliphatic carbocycles. The number of halogens is 2. The minimum Gasteiger partial charge on any atom is -0.266 e. The third-order valence-electron chi connectivity index (χ3n) is 2.23. The first-order chi connectivity index (χ1) is 6.48.